The summed E-state index contributed by atoms with van der Waals surface area (Å²) in [6.07, 6.45) is 6.67. The van der Waals surface area contributed by atoms with E-state index in [2.05, 4.69) is 46.4 Å². The van der Waals surface area contributed by atoms with E-state index in [1.165, 1.54) is 51.7 Å². The number of nitrogens with zero attached hydrogens (tertiary/aromatic N) is 1. The fraction of sp³-hybridized carbons (Fsp3) is 1.00. The van der Waals surface area contributed by atoms with Gasteiger partial charge < -0.3 is 9.64 Å². The Morgan fingerprint density at radius 2 is 1.80 bits per heavy atom. The molecule has 1 saturated heterocycles. The predicted octanol–water partition coefficient (Wildman–Crippen LogP) is 4.73. The van der Waals surface area contributed by atoms with Crippen LogP contribution in [0.1, 0.15) is 73.6 Å². The van der Waals surface area contributed by atoms with Crippen molar-refractivity contribution in [3.8, 4) is 0 Å². The minimum absolute atomic E-state index is 0.0149. The highest BCUT2D eigenvalue weighted by molar-refractivity contribution is 4.74. The Kier molecular flexibility index (Phi) is 7.00. The van der Waals surface area contributed by atoms with Crippen molar-refractivity contribution in [2.24, 2.45) is 11.3 Å². The first-order valence-corrected chi connectivity index (χ1v) is 8.52. The van der Waals surface area contributed by atoms with Gasteiger partial charge in [0.15, 0.2) is 0 Å². The van der Waals surface area contributed by atoms with Crippen molar-refractivity contribution < 1.29 is 4.74 Å². The van der Waals surface area contributed by atoms with Gasteiger partial charge in [0.25, 0.3) is 0 Å². The maximum absolute atomic E-state index is 5.87. The van der Waals surface area contributed by atoms with Gasteiger partial charge in [-0.2, -0.15) is 0 Å². The van der Waals surface area contributed by atoms with E-state index < -0.39 is 0 Å². The quantitative estimate of drug-likeness (QED) is 0.698. The molecular formula is C18H37NO. The molecule has 0 aliphatic carbocycles. The average Bonchev–Trinajstić information content (AvgIpc) is 2.26. The van der Waals surface area contributed by atoms with E-state index in [1.54, 1.807) is 0 Å². The van der Waals surface area contributed by atoms with Crippen molar-refractivity contribution in [1.29, 1.82) is 0 Å². The van der Waals surface area contributed by atoms with E-state index in [0.29, 0.717) is 5.41 Å². The molecule has 120 valence electrons. The summed E-state index contributed by atoms with van der Waals surface area (Å²) in [5.74, 6) is 0.848. The number of ether oxygens (including phenoxy) is 1. The highest BCUT2D eigenvalue weighted by Crippen LogP contribution is 2.24. The van der Waals surface area contributed by atoms with Crippen molar-refractivity contribution in [2.75, 3.05) is 26.2 Å². The van der Waals surface area contributed by atoms with Gasteiger partial charge in [-0.3, -0.25) is 0 Å². The number of hydrogen-bond donors (Lipinski definition) is 0. The molecule has 1 rings (SSSR count). The molecule has 1 aliphatic heterocycles. The lowest BCUT2D eigenvalue weighted by molar-refractivity contribution is -0.0134. The molecule has 2 nitrogen and oxygen atoms in total. The lowest BCUT2D eigenvalue weighted by atomic mass is 9.90. The molecule has 0 amide bonds. The molecule has 0 radical (unpaired) electrons. The fourth-order valence-corrected chi connectivity index (χ4v) is 2.95. The molecule has 0 aromatic carbocycles. The summed E-state index contributed by atoms with van der Waals surface area (Å²) in [5, 5.41) is 0. The van der Waals surface area contributed by atoms with E-state index in [1.807, 2.05) is 0 Å². The Balaban J connectivity index is 2.18. The summed E-state index contributed by atoms with van der Waals surface area (Å²) in [7, 11) is 0. The van der Waals surface area contributed by atoms with Crippen molar-refractivity contribution >= 4 is 0 Å². The average molecular weight is 284 g/mol. The van der Waals surface area contributed by atoms with Gasteiger partial charge >= 0.3 is 0 Å². The zero-order chi connectivity index (χ0) is 15.2. The molecular weight excluding hydrogens is 246 g/mol. The van der Waals surface area contributed by atoms with Gasteiger partial charge in [0.1, 0.15) is 0 Å². The minimum Gasteiger partial charge on any atom is -0.376 e. The van der Waals surface area contributed by atoms with Gasteiger partial charge in [-0.05, 0) is 77.3 Å². The van der Waals surface area contributed by atoms with Crippen LogP contribution in [-0.4, -0.2) is 36.7 Å². The van der Waals surface area contributed by atoms with Crippen LogP contribution in [0.15, 0.2) is 0 Å². The second kappa shape index (κ2) is 7.79. The Bertz CT molecular complexity index is 236. The van der Waals surface area contributed by atoms with E-state index in [9.17, 15) is 0 Å². The van der Waals surface area contributed by atoms with Gasteiger partial charge in [-0.25, -0.2) is 0 Å². The molecule has 0 saturated carbocycles. The number of hydrogen-bond acceptors (Lipinski definition) is 2. The fourth-order valence-electron chi connectivity index (χ4n) is 2.95. The molecule has 0 aromatic heterocycles. The monoisotopic (exact) mass is 283 g/mol. The molecule has 0 unspecified atom stereocenters. The minimum atomic E-state index is 0.0149. The topological polar surface area (TPSA) is 12.5 Å². The van der Waals surface area contributed by atoms with Crippen molar-refractivity contribution in [1.82, 2.24) is 4.90 Å². The van der Waals surface area contributed by atoms with Crippen LogP contribution < -0.4 is 0 Å². The maximum Gasteiger partial charge on any atom is 0.0598 e. The molecule has 0 spiro atoms. The molecule has 2 heteroatoms. The molecule has 0 N–H and O–H groups in total. The van der Waals surface area contributed by atoms with Crippen LogP contribution in [0.25, 0.3) is 0 Å². The molecule has 1 fully saturated rings. The van der Waals surface area contributed by atoms with Crippen molar-refractivity contribution in [3.05, 3.63) is 0 Å². The number of likely N-dealkylation sites (tertiary alicyclic amines) is 1. The van der Waals surface area contributed by atoms with Crippen molar-refractivity contribution in [2.45, 2.75) is 79.2 Å². The van der Waals surface area contributed by atoms with Crippen LogP contribution in [-0.2, 0) is 4.74 Å². The van der Waals surface area contributed by atoms with E-state index in [4.69, 9.17) is 4.74 Å². The highest BCUT2D eigenvalue weighted by Gasteiger charge is 2.21. The smallest absolute Gasteiger partial charge is 0.0598 e. The van der Waals surface area contributed by atoms with E-state index in [-0.39, 0.29) is 5.60 Å². The lowest BCUT2D eigenvalue weighted by Crippen LogP contribution is -2.37. The van der Waals surface area contributed by atoms with Crippen LogP contribution in [0, 0.1) is 11.3 Å². The van der Waals surface area contributed by atoms with Crippen LogP contribution in [0.5, 0.6) is 0 Å². The van der Waals surface area contributed by atoms with Gasteiger partial charge in [-0.15, -0.1) is 0 Å². The molecule has 1 aliphatic rings. The second-order valence-electron chi connectivity index (χ2n) is 8.72. The van der Waals surface area contributed by atoms with Crippen LogP contribution in [0.2, 0.25) is 0 Å². The summed E-state index contributed by atoms with van der Waals surface area (Å²) in [6, 6.07) is 0. The Morgan fingerprint density at radius 1 is 1.10 bits per heavy atom. The predicted molar refractivity (Wildman–Crippen MR) is 88.2 cm³/mol. The molecule has 20 heavy (non-hydrogen) atoms. The van der Waals surface area contributed by atoms with E-state index >= 15 is 0 Å². The Morgan fingerprint density at radius 3 is 2.40 bits per heavy atom. The Hall–Kier alpha value is -0.0800. The molecule has 1 heterocycles. The normalized spacial score (nSPS) is 22.2. The van der Waals surface area contributed by atoms with Gasteiger partial charge in [0, 0.05) is 13.2 Å². The molecule has 0 aromatic rings. The first-order valence-electron chi connectivity index (χ1n) is 8.52. The van der Waals surface area contributed by atoms with Crippen LogP contribution in [0.4, 0.5) is 0 Å². The third-order valence-corrected chi connectivity index (χ3v) is 4.07. The summed E-state index contributed by atoms with van der Waals surface area (Å²) in [6.45, 7) is 18.3. The van der Waals surface area contributed by atoms with Crippen LogP contribution >= 0.6 is 0 Å². The van der Waals surface area contributed by atoms with Gasteiger partial charge in [0.05, 0.1) is 5.60 Å². The largest absolute Gasteiger partial charge is 0.376 e. The van der Waals surface area contributed by atoms with E-state index in [0.717, 1.165) is 12.5 Å². The zero-order valence-electron chi connectivity index (χ0n) is 14.8. The zero-order valence-corrected chi connectivity index (χ0v) is 14.8. The summed E-state index contributed by atoms with van der Waals surface area (Å²) in [4.78, 5) is 2.68. The molecule has 0 bridgehead atoms. The summed E-state index contributed by atoms with van der Waals surface area (Å²) >= 11 is 0. The molecule has 1 atom stereocenters. The third kappa shape index (κ3) is 8.97. The lowest BCUT2D eigenvalue weighted by Gasteiger charge is -2.34. The number of rotatable bonds is 6. The SMILES string of the molecule is CC(C)(C)CCCN1CCC[C@H](CCOC(C)(C)C)C1. The highest BCUT2D eigenvalue weighted by atomic mass is 16.5. The number of piperidine rings is 1. The summed E-state index contributed by atoms with van der Waals surface area (Å²) < 4.78 is 5.87. The van der Waals surface area contributed by atoms with Crippen molar-refractivity contribution in [3.63, 3.8) is 0 Å². The van der Waals surface area contributed by atoms with Gasteiger partial charge in [-0.1, -0.05) is 20.8 Å². The standard InChI is InChI=1S/C18H37NO/c1-17(2,3)11-8-13-19-12-7-9-16(15-19)10-14-20-18(4,5)6/h16H,7-15H2,1-6H3/t16-/m1/s1. The second-order valence-corrected chi connectivity index (χ2v) is 8.72. The van der Waals surface area contributed by atoms with Crippen LogP contribution in [0.3, 0.4) is 0 Å². The maximum atomic E-state index is 5.87. The summed E-state index contributed by atoms with van der Waals surface area (Å²) in [5.41, 5.74) is 0.497. The first-order chi connectivity index (χ1) is 9.16. The Labute approximate surface area is 127 Å². The third-order valence-electron chi connectivity index (χ3n) is 4.07. The van der Waals surface area contributed by atoms with Gasteiger partial charge in [0.2, 0.25) is 0 Å². The first kappa shape index (κ1) is 18.0.